The van der Waals surface area contributed by atoms with Gasteiger partial charge in [0.1, 0.15) is 5.82 Å². The van der Waals surface area contributed by atoms with Crippen LogP contribution in [0.2, 0.25) is 0 Å². The van der Waals surface area contributed by atoms with Gasteiger partial charge in [0.15, 0.2) is 0 Å². The van der Waals surface area contributed by atoms with Gasteiger partial charge in [0.2, 0.25) is 0 Å². The second-order valence-electron chi connectivity index (χ2n) is 5.06. The van der Waals surface area contributed by atoms with Gasteiger partial charge in [0, 0.05) is 19.6 Å². The molecule has 1 atom stereocenters. The lowest BCUT2D eigenvalue weighted by Gasteiger charge is -2.23. The van der Waals surface area contributed by atoms with Crippen molar-refractivity contribution in [2.24, 2.45) is 5.73 Å². The zero-order valence-corrected chi connectivity index (χ0v) is 11.7. The number of unbranched alkanes of at least 4 members (excludes halogenated alkanes) is 2. The molecule has 1 rings (SSSR count). The molecule has 0 radical (unpaired) electrons. The highest BCUT2D eigenvalue weighted by molar-refractivity contribution is 5.54. The van der Waals surface area contributed by atoms with Crippen LogP contribution in [0.4, 0.5) is 10.1 Å². The molecule has 2 nitrogen and oxygen atoms in total. The topological polar surface area (TPSA) is 29.3 Å². The maximum atomic E-state index is 14.0. The van der Waals surface area contributed by atoms with E-state index >= 15 is 0 Å². The average Bonchev–Trinajstić information content (AvgIpc) is 2.28. The van der Waals surface area contributed by atoms with Gasteiger partial charge in [-0.05, 0) is 31.4 Å². The monoisotopic (exact) mass is 252 g/mol. The van der Waals surface area contributed by atoms with Crippen molar-refractivity contribution in [3.8, 4) is 0 Å². The van der Waals surface area contributed by atoms with Crippen LogP contribution in [0, 0.1) is 5.82 Å². The highest BCUT2D eigenvalue weighted by atomic mass is 19.1. The first-order valence-corrected chi connectivity index (χ1v) is 6.80. The number of halogens is 1. The number of benzene rings is 1. The van der Waals surface area contributed by atoms with E-state index in [2.05, 4.69) is 6.92 Å². The van der Waals surface area contributed by atoms with Gasteiger partial charge in [-0.25, -0.2) is 4.39 Å². The van der Waals surface area contributed by atoms with Crippen LogP contribution in [0.1, 0.15) is 38.7 Å². The molecule has 0 saturated heterocycles. The van der Waals surface area contributed by atoms with Crippen molar-refractivity contribution in [2.45, 2.75) is 45.6 Å². The minimum atomic E-state index is -0.146. The molecule has 102 valence electrons. The Morgan fingerprint density at radius 1 is 1.33 bits per heavy atom. The number of hydrogen-bond acceptors (Lipinski definition) is 2. The Balaban J connectivity index is 2.83. The average molecular weight is 252 g/mol. The number of para-hydroxylation sites is 1. The maximum absolute atomic E-state index is 14.0. The van der Waals surface area contributed by atoms with E-state index in [1.807, 2.05) is 24.9 Å². The Morgan fingerprint density at radius 2 is 2.06 bits per heavy atom. The van der Waals surface area contributed by atoms with Crippen LogP contribution in [0.25, 0.3) is 0 Å². The van der Waals surface area contributed by atoms with Gasteiger partial charge < -0.3 is 10.6 Å². The molecule has 1 aromatic carbocycles. The van der Waals surface area contributed by atoms with E-state index < -0.39 is 0 Å². The van der Waals surface area contributed by atoms with Crippen LogP contribution >= 0.6 is 0 Å². The smallest absolute Gasteiger partial charge is 0.146 e. The molecule has 2 N–H and O–H groups in total. The summed E-state index contributed by atoms with van der Waals surface area (Å²) in [6.07, 6.45) is 4.17. The summed E-state index contributed by atoms with van der Waals surface area (Å²) in [6.45, 7) is 5.01. The lowest BCUT2D eigenvalue weighted by Crippen LogP contribution is -2.24. The van der Waals surface area contributed by atoms with E-state index in [0.717, 1.165) is 18.5 Å². The summed E-state index contributed by atoms with van der Waals surface area (Å²) in [5, 5.41) is 0. The molecule has 1 aromatic rings. The molecule has 18 heavy (non-hydrogen) atoms. The number of rotatable bonds is 7. The SMILES string of the molecule is CCCCCN(C)c1c(F)cccc1CC(C)N. The number of nitrogens with zero attached hydrogens (tertiary/aromatic N) is 1. The molecule has 0 fully saturated rings. The van der Waals surface area contributed by atoms with Crippen molar-refractivity contribution in [2.75, 3.05) is 18.5 Å². The van der Waals surface area contributed by atoms with E-state index in [-0.39, 0.29) is 11.9 Å². The van der Waals surface area contributed by atoms with Crippen LogP contribution in [-0.2, 0) is 6.42 Å². The van der Waals surface area contributed by atoms with E-state index in [1.165, 1.54) is 18.9 Å². The minimum Gasteiger partial charge on any atom is -0.372 e. The first kappa shape index (κ1) is 15.0. The Bertz CT molecular complexity index is 364. The summed E-state index contributed by atoms with van der Waals surface area (Å²) < 4.78 is 14.0. The lowest BCUT2D eigenvalue weighted by molar-refractivity contribution is 0.611. The summed E-state index contributed by atoms with van der Waals surface area (Å²) in [5.41, 5.74) is 7.54. The highest BCUT2D eigenvalue weighted by Gasteiger charge is 2.13. The van der Waals surface area contributed by atoms with Crippen molar-refractivity contribution >= 4 is 5.69 Å². The van der Waals surface area contributed by atoms with Crippen LogP contribution in [-0.4, -0.2) is 19.6 Å². The number of nitrogens with two attached hydrogens (primary N) is 1. The lowest BCUT2D eigenvalue weighted by atomic mass is 10.0. The highest BCUT2D eigenvalue weighted by Crippen LogP contribution is 2.25. The van der Waals surface area contributed by atoms with Crippen molar-refractivity contribution in [3.63, 3.8) is 0 Å². The zero-order chi connectivity index (χ0) is 13.5. The van der Waals surface area contributed by atoms with Gasteiger partial charge in [-0.1, -0.05) is 31.9 Å². The molecule has 1 unspecified atom stereocenters. The van der Waals surface area contributed by atoms with E-state index in [9.17, 15) is 4.39 Å². The standard InChI is InChI=1S/C15H25FN2/c1-4-5-6-10-18(3)15-13(11-12(2)17)8-7-9-14(15)16/h7-9,12H,4-6,10-11,17H2,1-3H3. The molecule has 3 heteroatoms. The summed E-state index contributed by atoms with van der Waals surface area (Å²) >= 11 is 0. The molecule has 0 aliphatic carbocycles. The maximum Gasteiger partial charge on any atom is 0.146 e. The number of anilines is 1. The number of hydrogen-bond donors (Lipinski definition) is 1. The quantitative estimate of drug-likeness (QED) is 0.754. The van der Waals surface area contributed by atoms with Gasteiger partial charge in [-0.3, -0.25) is 0 Å². The summed E-state index contributed by atoms with van der Waals surface area (Å²) in [4.78, 5) is 2.02. The van der Waals surface area contributed by atoms with E-state index in [0.29, 0.717) is 12.1 Å². The molecule has 0 aliphatic heterocycles. The Labute approximate surface area is 110 Å². The predicted octanol–water partition coefficient (Wildman–Crippen LogP) is 3.34. The second kappa shape index (κ2) is 7.37. The Morgan fingerprint density at radius 3 is 2.67 bits per heavy atom. The van der Waals surface area contributed by atoms with Gasteiger partial charge in [-0.2, -0.15) is 0 Å². The molecular formula is C15H25FN2. The second-order valence-corrected chi connectivity index (χ2v) is 5.06. The molecule has 0 saturated carbocycles. The van der Waals surface area contributed by atoms with Crippen LogP contribution in [0.3, 0.4) is 0 Å². The first-order valence-electron chi connectivity index (χ1n) is 6.80. The summed E-state index contributed by atoms with van der Waals surface area (Å²) in [6, 6.07) is 5.31. The molecule has 0 aliphatic rings. The van der Waals surface area contributed by atoms with Gasteiger partial charge >= 0.3 is 0 Å². The van der Waals surface area contributed by atoms with Crippen molar-refractivity contribution in [1.29, 1.82) is 0 Å². The minimum absolute atomic E-state index is 0.0505. The normalized spacial score (nSPS) is 12.5. The van der Waals surface area contributed by atoms with Crippen LogP contribution < -0.4 is 10.6 Å². The third-order valence-electron chi connectivity index (χ3n) is 3.09. The van der Waals surface area contributed by atoms with Gasteiger partial charge in [0.05, 0.1) is 5.69 Å². The zero-order valence-electron chi connectivity index (χ0n) is 11.7. The molecule has 0 spiro atoms. The molecular weight excluding hydrogens is 227 g/mol. The fourth-order valence-electron chi connectivity index (χ4n) is 2.21. The first-order chi connectivity index (χ1) is 8.56. The van der Waals surface area contributed by atoms with Crippen molar-refractivity contribution in [3.05, 3.63) is 29.6 Å². The molecule has 0 bridgehead atoms. The molecule has 0 aromatic heterocycles. The van der Waals surface area contributed by atoms with Crippen molar-refractivity contribution in [1.82, 2.24) is 0 Å². The third kappa shape index (κ3) is 4.30. The molecule has 0 amide bonds. The fourth-order valence-corrected chi connectivity index (χ4v) is 2.21. The summed E-state index contributed by atoms with van der Waals surface area (Å²) in [5.74, 6) is -0.146. The Hall–Kier alpha value is -1.09. The molecule has 0 heterocycles. The largest absolute Gasteiger partial charge is 0.372 e. The fraction of sp³-hybridized carbons (Fsp3) is 0.600. The van der Waals surface area contributed by atoms with Crippen molar-refractivity contribution < 1.29 is 4.39 Å². The Kier molecular flexibility index (Phi) is 6.13. The van der Waals surface area contributed by atoms with E-state index in [1.54, 1.807) is 6.07 Å². The van der Waals surface area contributed by atoms with Crippen LogP contribution in [0.5, 0.6) is 0 Å². The van der Waals surface area contributed by atoms with Gasteiger partial charge in [0.25, 0.3) is 0 Å². The van der Waals surface area contributed by atoms with E-state index in [4.69, 9.17) is 5.73 Å². The summed E-state index contributed by atoms with van der Waals surface area (Å²) in [7, 11) is 1.96. The van der Waals surface area contributed by atoms with Gasteiger partial charge in [-0.15, -0.1) is 0 Å². The predicted molar refractivity (Wildman–Crippen MR) is 76.5 cm³/mol. The third-order valence-corrected chi connectivity index (χ3v) is 3.09. The van der Waals surface area contributed by atoms with Crippen LogP contribution in [0.15, 0.2) is 18.2 Å².